The third-order valence-electron chi connectivity index (χ3n) is 2.42. The van der Waals surface area contributed by atoms with Crippen molar-refractivity contribution in [2.24, 2.45) is 0 Å². The molecule has 0 saturated heterocycles. The highest BCUT2D eigenvalue weighted by Crippen LogP contribution is 2.28. The summed E-state index contributed by atoms with van der Waals surface area (Å²) < 4.78 is 5.53. The van der Waals surface area contributed by atoms with Crippen molar-refractivity contribution in [3.05, 3.63) is 34.9 Å². The van der Waals surface area contributed by atoms with Crippen molar-refractivity contribution < 1.29 is 9.53 Å². The SMILES string of the molecule is CC/C=C(/C)C(=O)Nc1ccc(OC(C)C)c(Cl)c1. The van der Waals surface area contributed by atoms with Gasteiger partial charge in [-0.2, -0.15) is 0 Å². The molecule has 0 aliphatic rings. The predicted octanol–water partition coefficient (Wildman–Crippen LogP) is 4.42. The number of nitrogens with one attached hydrogen (secondary N) is 1. The average Bonchev–Trinajstić information content (AvgIpc) is 2.32. The molecular weight excluding hydrogens is 262 g/mol. The highest BCUT2D eigenvalue weighted by Gasteiger charge is 2.08. The maximum atomic E-state index is 11.8. The second-order valence-corrected chi connectivity index (χ2v) is 4.97. The van der Waals surface area contributed by atoms with Crippen LogP contribution in [0.5, 0.6) is 5.75 Å². The van der Waals surface area contributed by atoms with Crippen molar-refractivity contribution in [3.63, 3.8) is 0 Å². The summed E-state index contributed by atoms with van der Waals surface area (Å²) in [5, 5.41) is 3.29. The highest BCUT2D eigenvalue weighted by molar-refractivity contribution is 6.32. The summed E-state index contributed by atoms with van der Waals surface area (Å²) in [5.74, 6) is 0.505. The summed E-state index contributed by atoms with van der Waals surface area (Å²) in [4.78, 5) is 11.8. The molecule has 19 heavy (non-hydrogen) atoms. The van der Waals surface area contributed by atoms with E-state index in [1.165, 1.54) is 0 Å². The van der Waals surface area contributed by atoms with Crippen molar-refractivity contribution in [2.45, 2.75) is 40.2 Å². The molecular formula is C15H20ClNO2. The third-order valence-corrected chi connectivity index (χ3v) is 2.72. The van der Waals surface area contributed by atoms with Gasteiger partial charge < -0.3 is 10.1 Å². The minimum atomic E-state index is -0.115. The Balaban J connectivity index is 2.79. The molecule has 4 heteroatoms. The molecule has 0 spiro atoms. The Morgan fingerprint density at radius 3 is 2.68 bits per heavy atom. The number of carbonyl (C=O) groups excluding carboxylic acids is 1. The van der Waals surface area contributed by atoms with Crippen LogP contribution in [0.2, 0.25) is 5.02 Å². The van der Waals surface area contributed by atoms with Crippen molar-refractivity contribution >= 4 is 23.2 Å². The lowest BCUT2D eigenvalue weighted by Crippen LogP contribution is -2.12. The summed E-state index contributed by atoms with van der Waals surface area (Å²) in [7, 11) is 0. The van der Waals surface area contributed by atoms with Gasteiger partial charge in [-0.25, -0.2) is 0 Å². The van der Waals surface area contributed by atoms with Gasteiger partial charge in [0.1, 0.15) is 5.75 Å². The number of amides is 1. The molecule has 0 aliphatic carbocycles. The summed E-state index contributed by atoms with van der Waals surface area (Å²) in [5.41, 5.74) is 1.36. The molecule has 0 radical (unpaired) electrons. The largest absolute Gasteiger partial charge is 0.489 e. The number of anilines is 1. The van der Waals surface area contributed by atoms with Crippen LogP contribution in [0.15, 0.2) is 29.8 Å². The van der Waals surface area contributed by atoms with Gasteiger partial charge in [0.05, 0.1) is 11.1 Å². The van der Waals surface area contributed by atoms with Crippen LogP contribution in [-0.2, 0) is 4.79 Å². The lowest BCUT2D eigenvalue weighted by Gasteiger charge is -2.12. The Morgan fingerprint density at radius 2 is 2.16 bits per heavy atom. The predicted molar refractivity (Wildman–Crippen MR) is 79.9 cm³/mol. The Bertz CT molecular complexity index is 481. The molecule has 1 rings (SSSR count). The molecule has 0 aliphatic heterocycles. The summed E-state index contributed by atoms with van der Waals surface area (Å²) in [6, 6.07) is 5.23. The summed E-state index contributed by atoms with van der Waals surface area (Å²) in [6.45, 7) is 7.65. The third kappa shape index (κ3) is 4.95. The minimum Gasteiger partial charge on any atom is -0.489 e. The maximum absolute atomic E-state index is 11.8. The van der Waals surface area contributed by atoms with Crippen LogP contribution >= 0.6 is 11.6 Å². The second kappa shape index (κ2) is 7.19. The van der Waals surface area contributed by atoms with E-state index in [0.29, 0.717) is 22.0 Å². The first-order chi connectivity index (χ1) is 8.93. The topological polar surface area (TPSA) is 38.3 Å². The fourth-order valence-electron chi connectivity index (χ4n) is 1.56. The number of hydrogen-bond donors (Lipinski definition) is 1. The molecule has 0 bridgehead atoms. The molecule has 0 fully saturated rings. The van der Waals surface area contributed by atoms with Crippen LogP contribution in [0.25, 0.3) is 0 Å². The molecule has 0 heterocycles. The van der Waals surface area contributed by atoms with Gasteiger partial charge in [0, 0.05) is 11.3 Å². The monoisotopic (exact) mass is 281 g/mol. The van der Waals surface area contributed by atoms with E-state index >= 15 is 0 Å². The Kier molecular flexibility index (Phi) is 5.90. The zero-order chi connectivity index (χ0) is 14.4. The van der Waals surface area contributed by atoms with E-state index in [2.05, 4.69) is 5.32 Å². The number of halogens is 1. The van der Waals surface area contributed by atoms with Gasteiger partial charge in [0.15, 0.2) is 0 Å². The van der Waals surface area contributed by atoms with Crippen LogP contribution in [0, 0.1) is 0 Å². The van der Waals surface area contributed by atoms with E-state index in [4.69, 9.17) is 16.3 Å². The van der Waals surface area contributed by atoms with Crippen molar-refractivity contribution in [2.75, 3.05) is 5.32 Å². The first kappa shape index (κ1) is 15.6. The van der Waals surface area contributed by atoms with Crippen molar-refractivity contribution in [1.82, 2.24) is 0 Å². The lowest BCUT2D eigenvalue weighted by molar-refractivity contribution is -0.112. The van der Waals surface area contributed by atoms with Gasteiger partial charge in [-0.15, -0.1) is 0 Å². The van der Waals surface area contributed by atoms with E-state index in [0.717, 1.165) is 6.42 Å². The Morgan fingerprint density at radius 1 is 1.47 bits per heavy atom. The molecule has 0 unspecified atom stereocenters. The average molecular weight is 282 g/mol. The van der Waals surface area contributed by atoms with Crippen molar-refractivity contribution in [1.29, 1.82) is 0 Å². The fourth-order valence-corrected chi connectivity index (χ4v) is 1.78. The van der Waals surface area contributed by atoms with Gasteiger partial charge in [-0.1, -0.05) is 24.6 Å². The van der Waals surface area contributed by atoms with Crippen LogP contribution in [0.4, 0.5) is 5.69 Å². The molecule has 1 aromatic carbocycles. The first-order valence-corrected chi connectivity index (χ1v) is 6.76. The summed E-state index contributed by atoms with van der Waals surface area (Å²) in [6.07, 6.45) is 2.78. The van der Waals surface area contributed by atoms with Crippen molar-refractivity contribution in [3.8, 4) is 5.75 Å². The van der Waals surface area contributed by atoms with Gasteiger partial charge in [0.25, 0.3) is 5.91 Å². The molecule has 104 valence electrons. The van der Waals surface area contributed by atoms with E-state index in [-0.39, 0.29) is 12.0 Å². The number of carbonyl (C=O) groups is 1. The zero-order valence-corrected chi connectivity index (χ0v) is 12.5. The van der Waals surface area contributed by atoms with E-state index in [1.54, 1.807) is 25.1 Å². The fraction of sp³-hybridized carbons (Fsp3) is 0.400. The lowest BCUT2D eigenvalue weighted by atomic mass is 10.2. The van der Waals surface area contributed by atoms with Gasteiger partial charge in [0.2, 0.25) is 0 Å². The quantitative estimate of drug-likeness (QED) is 0.811. The normalized spacial score (nSPS) is 11.6. The number of allylic oxidation sites excluding steroid dienone is 1. The minimum absolute atomic E-state index is 0.0627. The van der Waals surface area contributed by atoms with E-state index in [9.17, 15) is 4.79 Å². The van der Waals surface area contributed by atoms with E-state index in [1.807, 2.05) is 26.8 Å². The Hall–Kier alpha value is -1.48. The molecule has 0 saturated carbocycles. The molecule has 1 amide bonds. The Labute approximate surface area is 119 Å². The molecule has 1 aromatic rings. The maximum Gasteiger partial charge on any atom is 0.250 e. The van der Waals surface area contributed by atoms with Crippen LogP contribution < -0.4 is 10.1 Å². The molecule has 3 nitrogen and oxygen atoms in total. The number of rotatable bonds is 5. The van der Waals surface area contributed by atoms with Crippen LogP contribution in [0.1, 0.15) is 34.1 Å². The summed E-state index contributed by atoms with van der Waals surface area (Å²) >= 11 is 6.11. The van der Waals surface area contributed by atoms with Gasteiger partial charge >= 0.3 is 0 Å². The first-order valence-electron chi connectivity index (χ1n) is 6.38. The second-order valence-electron chi connectivity index (χ2n) is 4.56. The number of benzene rings is 1. The smallest absolute Gasteiger partial charge is 0.250 e. The molecule has 1 N–H and O–H groups in total. The zero-order valence-electron chi connectivity index (χ0n) is 11.8. The van der Waals surface area contributed by atoms with Gasteiger partial charge in [-0.05, 0) is 45.4 Å². The molecule has 0 atom stereocenters. The number of hydrogen-bond acceptors (Lipinski definition) is 2. The molecule has 0 aromatic heterocycles. The standard InChI is InChI=1S/C15H20ClNO2/c1-5-6-11(4)15(18)17-12-7-8-14(13(16)9-12)19-10(2)3/h6-10H,5H2,1-4H3,(H,17,18)/b11-6-. The number of ether oxygens (including phenoxy) is 1. The van der Waals surface area contributed by atoms with Crippen LogP contribution in [0.3, 0.4) is 0 Å². The van der Waals surface area contributed by atoms with Crippen LogP contribution in [-0.4, -0.2) is 12.0 Å². The van der Waals surface area contributed by atoms with Gasteiger partial charge in [-0.3, -0.25) is 4.79 Å². The van der Waals surface area contributed by atoms with E-state index < -0.39 is 0 Å². The highest BCUT2D eigenvalue weighted by atomic mass is 35.5.